The molecule has 2 rings (SSSR count). The van der Waals surface area contributed by atoms with E-state index >= 15 is 0 Å². The first kappa shape index (κ1) is 14.1. The second-order valence-electron chi connectivity index (χ2n) is 4.76. The van der Waals surface area contributed by atoms with E-state index in [1.165, 1.54) is 12.7 Å². The fourth-order valence-corrected chi connectivity index (χ4v) is 2.69. The zero-order valence-corrected chi connectivity index (χ0v) is 12.0. The highest BCUT2D eigenvalue weighted by atomic mass is 35.5. The predicted octanol–water partition coefficient (Wildman–Crippen LogP) is 3.67. The molecule has 0 saturated heterocycles. The van der Waals surface area contributed by atoms with E-state index in [1.807, 2.05) is 13.0 Å². The number of aromatic nitrogens is 2. The van der Waals surface area contributed by atoms with Crippen LogP contribution in [-0.4, -0.2) is 16.6 Å². The standard InChI is InChI=1S/C15H19ClN2O/c1-2-3-7-10-19-14-11-13(17-12-18-14)15(16)8-5-4-6-9-15/h11-12H,2,4-6,8-10H2,1H3. The van der Waals surface area contributed by atoms with Crippen LogP contribution in [0.4, 0.5) is 0 Å². The highest BCUT2D eigenvalue weighted by Crippen LogP contribution is 2.42. The molecule has 1 aromatic rings. The van der Waals surface area contributed by atoms with Crippen LogP contribution in [0.5, 0.6) is 5.88 Å². The Hall–Kier alpha value is -1.27. The first-order valence-corrected chi connectivity index (χ1v) is 7.22. The third kappa shape index (κ3) is 3.84. The number of rotatable bonds is 3. The van der Waals surface area contributed by atoms with Gasteiger partial charge in [-0.2, -0.15) is 0 Å². The molecule has 0 aromatic carbocycles. The molecule has 4 heteroatoms. The Bertz CT molecular complexity index is 473. The summed E-state index contributed by atoms with van der Waals surface area (Å²) in [6.07, 6.45) is 7.88. The van der Waals surface area contributed by atoms with E-state index in [2.05, 4.69) is 21.8 Å². The normalized spacial score (nSPS) is 17.4. The summed E-state index contributed by atoms with van der Waals surface area (Å²) >= 11 is 6.68. The number of hydrogen-bond acceptors (Lipinski definition) is 3. The fraction of sp³-hybridized carbons (Fsp3) is 0.600. The van der Waals surface area contributed by atoms with Crippen LogP contribution >= 0.6 is 11.6 Å². The van der Waals surface area contributed by atoms with Crippen molar-refractivity contribution >= 4 is 11.6 Å². The molecular weight excluding hydrogens is 260 g/mol. The summed E-state index contributed by atoms with van der Waals surface area (Å²) in [5.41, 5.74) is 0.877. The highest BCUT2D eigenvalue weighted by Gasteiger charge is 2.33. The van der Waals surface area contributed by atoms with E-state index in [0.717, 1.165) is 37.8 Å². The largest absolute Gasteiger partial charge is 0.464 e. The molecule has 0 amide bonds. The number of halogens is 1. The van der Waals surface area contributed by atoms with Crippen molar-refractivity contribution in [2.45, 2.75) is 50.3 Å². The van der Waals surface area contributed by atoms with Gasteiger partial charge in [0.2, 0.25) is 5.88 Å². The minimum Gasteiger partial charge on any atom is -0.464 e. The zero-order chi connectivity index (χ0) is 13.6. The lowest BCUT2D eigenvalue weighted by atomic mass is 9.86. The van der Waals surface area contributed by atoms with Gasteiger partial charge < -0.3 is 4.74 Å². The van der Waals surface area contributed by atoms with E-state index in [4.69, 9.17) is 16.3 Å². The fourth-order valence-electron chi connectivity index (χ4n) is 2.32. The molecule has 0 unspecified atom stereocenters. The second kappa shape index (κ2) is 6.77. The third-order valence-corrected chi connectivity index (χ3v) is 3.91. The van der Waals surface area contributed by atoms with Crippen LogP contribution in [0.2, 0.25) is 0 Å². The minimum absolute atomic E-state index is 0.339. The number of nitrogens with zero attached hydrogens (tertiary/aromatic N) is 2. The molecule has 0 atom stereocenters. The van der Waals surface area contributed by atoms with E-state index in [9.17, 15) is 0 Å². The molecule has 3 nitrogen and oxygen atoms in total. The van der Waals surface area contributed by atoms with Gasteiger partial charge in [-0.05, 0) is 12.8 Å². The molecule has 1 saturated carbocycles. The van der Waals surface area contributed by atoms with Crippen LogP contribution in [0.25, 0.3) is 0 Å². The summed E-state index contributed by atoms with van der Waals surface area (Å²) in [4.78, 5) is 8.08. The van der Waals surface area contributed by atoms with Crippen LogP contribution in [0, 0.1) is 11.8 Å². The van der Waals surface area contributed by atoms with Gasteiger partial charge in [-0.3, -0.25) is 0 Å². The summed E-state index contributed by atoms with van der Waals surface area (Å²) < 4.78 is 5.50. The molecule has 0 bridgehead atoms. The van der Waals surface area contributed by atoms with Gasteiger partial charge in [0.05, 0.1) is 10.6 Å². The quantitative estimate of drug-likeness (QED) is 0.625. The van der Waals surface area contributed by atoms with Crippen molar-refractivity contribution in [3.63, 3.8) is 0 Å². The minimum atomic E-state index is -0.339. The summed E-state index contributed by atoms with van der Waals surface area (Å²) in [7, 11) is 0. The Balaban J connectivity index is 2.05. The number of hydrogen-bond donors (Lipinski definition) is 0. The monoisotopic (exact) mass is 278 g/mol. The SMILES string of the molecule is CCC#CCOc1cc(C2(Cl)CCCCC2)ncn1. The number of alkyl halides is 1. The van der Waals surface area contributed by atoms with Crippen molar-refractivity contribution in [3.05, 3.63) is 18.1 Å². The van der Waals surface area contributed by atoms with Crippen LogP contribution in [-0.2, 0) is 4.87 Å². The molecule has 1 fully saturated rings. The molecule has 1 aliphatic carbocycles. The molecule has 0 spiro atoms. The molecule has 19 heavy (non-hydrogen) atoms. The lowest BCUT2D eigenvalue weighted by molar-refractivity contribution is 0.348. The maximum atomic E-state index is 6.68. The Kier molecular flexibility index (Phi) is 5.04. The highest BCUT2D eigenvalue weighted by molar-refractivity contribution is 6.23. The van der Waals surface area contributed by atoms with E-state index in [0.29, 0.717) is 12.5 Å². The average molecular weight is 279 g/mol. The van der Waals surface area contributed by atoms with E-state index in [-0.39, 0.29) is 4.87 Å². The van der Waals surface area contributed by atoms with Gasteiger partial charge in [0, 0.05) is 12.5 Å². The molecule has 0 N–H and O–H groups in total. The summed E-state index contributed by atoms with van der Waals surface area (Å²) in [5, 5.41) is 0. The predicted molar refractivity (Wildman–Crippen MR) is 76.2 cm³/mol. The molecule has 1 aromatic heterocycles. The molecule has 0 radical (unpaired) electrons. The first-order valence-electron chi connectivity index (χ1n) is 6.84. The van der Waals surface area contributed by atoms with Crippen LogP contribution in [0.3, 0.4) is 0 Å². The molecule has 1 heterocycles. The Morgan fingerprint density at radius 1 is 1.26 bits per heavy atom. The first-order chi connectivity index (χ1) is 9.24. The van der Waals surface area contributed by atoms with E-state index in [1.54, 1.807) is 0 Å². The smallest absolute Gasteiger partial charge is 0.217 e. The number of ether oxygens (including phenoxy) is 1. The average Bonchev–Trinajstić information content (AvgIpc) is 2.45. The second-order valence-corrected chi connectivity index (χ2v) is 5.49. The molecule has 0 aliphatic heterocycles. The Morgan fingerprint density at radius 2 is 2.05 bits per heavy atom. The lowest BCUT2D eigenvalue weighted by Gasteiger charge is -2.30. The topological polar surface area (TPSA) is 35.0 Å². The van der Waals surface area contributed by atoms with Gasteiger partial charge in [-0.1, -0.05) is 32.1 Å². The summed E-state index contributed by atoms with van der Waals surface area (Å²) in [6.45, 7) is 2.37. The van der Waals surface area contributed by atoms with Crippen molar-refractivity contribution in [2.75, 3.05) is 6.61 Å². The van der Waals surface area contributed by atoms with Gasteiger partial charge in [-0.25, -0.2) is 9.97 Å². The van der Waals surface area contributed by atoms with Gasteiger partial charge in [-0.15, -0.1) is 17.5 Å². The van der Waals surface area contributed by atoms with Gasteiger partial charge >= 0.3 is 0 Å². The van der Waals surface area contributed by atoms with Crippen LogP contribution in [0.1, 0.15) is 51.1 Å². The van der Waals surface area contributed by atoms with Crippen molar-refractivity contribution < 1.29 is 4.74 Å². The van der Waals surface area contributed by atoms with Crippen molar-refractivity contribution in [2.24, 2.45) is 0 Å². The van der Waals surface area contributed by atoms with Gasteiger partial charge in [0.25, 0.3) is 0 Å². The molecule has 102 valence electrons. The van der Waals surface area contributed by atoms with Gasteiger partial charge in [0.15, 0.2) is 6.61 Å². The third-order valence-electron chi connectivity index (χ3n) is 3.34. The molecule has 1 aliphatic rings. The Labute approximate surface area is 119 Å². The van der Waals surface area contributed by atoms with Crippen molar-refractivity contribution in [1.82, 2.24) is 9.97 Å². The maximum absolute atomic E-state index is 6.68. The van der Waals surface area contributed by atoms with Crippen LogP contribution in [0.15, 0.2) is 12.4 Å². The zero-order valence-electron chi connectivity index (χ0n) is 11.3. The maximum Gasteiger partial charge on any atom is 0.217 e. The van der Waals surface area contributed by atoms with Crippen molar-refractivity contribution in [3.8, 4) is 17.7 Å². The summed E-state index contributed by atoms with van der Waals surface area (Å²) in [5.74, 6) is 6.44. The summed E-state index contributed by atoms with van der Waals surface area (Å²) in [6, 6.07) is 1.85. The Morgan fingerprint density at radius 3 is 2.79 bits per heavy atom. The van der Waals surface area contributed by atoms with Gasteiger partial charge in [0.1, 0.15) is 6.33 Å². The molecular formula is C15H19ClN2O. The van der Waals surface area contributed by atoms with Crippen molar-refractivity contribution in [1.29, 1.82) is 0 Å². The lowest BCUT2D eigenvalue weighted by Crippen LogP contribution is -2.23. The van der Waals surface area contributed by atoms with E-state index < -0.39 is 0 Å². The van der Waals surface area contributed by atoms with Crippen LogP contribution < -0.4 is 4.74 Å².